The number of piperazine rings is 1. The highest BCUT2D eigenvalue weighted by Gasteiger charge is 2.20. The molecule has 0 amide bonds. The summed E-state index contributed by atoms with van der Waals surface area (Å²) in [6.45, 7) is 9.98. The lowest BCUT2D eigenvalue weighted by atomic mass is 10.2. The molecule has 12 heteroatoms. The third-order valence-corrected chi connectivity index (χ3v) is 6.35. The van der Waals surface area contributed by atoms with Gasteiger partial charge < -0.3 is 24.7 Å². The van der Waals surface area contributed by atoms with Crippen LogP contribution in [0, 0.1) is 11.6 Å². The highest BCUT2D eigenvalue weighted by atomic mass is 19.1. The van der Waals surface area contributed by atoms with Gasteiger partial charge in [-0.25, -0.2) is 18.8 Å². The Morgan fingerprint density at radius 1 is 1.26 bits per heavy atom. The molecule has 10 nitrogen and oxygen atoms in total. The number of hydrogen-bond donors (Lipinski definition) is 3. The van der Waals surface area contributed by atoms with Crippen molar-refractivity contribution in [2.24, 2.45) is 9.98 Å². The lowest BCUT2D eigenvalue weighted by molar-refractivity contribution is 0.120. The van der Waals surface area contributed by atoms with Crippen LogP contribution in [0.5, 0.6) is 5.75 Å². The van der Waals surface area contributed by atoms with E-state index >= 15 is 0 Å². The molecule has 0 aliphatic carbocycles. The maximum absolute atomic E-state index is 14.8. The Kier molecular flexibility index (Phi) is 9.81. The van der Waals surface area contributed by atoms with Gasteiger partial charge in [-0.1, -0.05) is 12.2 Å². The Labute approximate surface area is 226 Å². The largest absolute Gasteiger partial charge is 0.468 e. The summed E-state index contributed by atoms with van der Waals surface area (Å²) in [5.74, 6) is 0.147. The number of anilines is 1. The molecule has 0 atom stereocenters. The number of nitrogens with zero attached hydrogens (tertiary/aromatic N) is 5. The molecular formula is C27H34F2N8O2. The Balaban J connectivity index is 1.52. The molecule has 1 aliphatic heterocycles. The van der Waals surface area contributed by atoms with Gasteiger partial charge in [-0.3, -0.25) is 10.00 Å². The predicted octanol–water partition coefficient (Wildman–Crippen LogP) is 3.94. The molecule has 2 aromatic heterocycles. The Hall–Kier alpha value is -4.03. The molecule has 1 saturated heterocycles. The lowest BCUT2D eigenvalue weighted by Gasteiger charge is -2.35. The van der Waals surface area contributed by atoms with Crippen LogP contribution in [0.4, 0.5) is 14.6 Å². The number of aliphatic imine (C=N–C) groups is 2. The van der Waals surface area contributed by atoms with E-state index in [1.165, 1.54) is 12.3 Å². The van der Waals surface area contributed by atoms with Gasteiger partial charge in [0.15, 0.2) is 29.9 Å². The van der Waals surface area contributed by atoms with Crippen molar-refractivity contribution in [3.63, 3.8) is 0 Å². The molecule has 4 rings (SSSR count). The standard InChI is InChI=1S/C27H34F2N8O2/c1-4-5-6-19-15-24(35-34-19)33-23(30-2)17-25(37-11-9-36(10-12-37)13-14-38-3)32-18-39-22-16-21(28)27-20(26(22)29)7-8-31-27/h4-5,7-8,15-17,31H,2,6,9-14,18H2,1,3H3,(H2,33,34,35)/b5-4+,23-17+,32-25+. The quantitative estimate of drug-likeness (QED) is 0.183. The predicted molar refractivity (Wildman–Crippen MR) is 149 cm³/mol. The number of methoxy groups -OCH3 is 1. The molecular weight excluding hydrogens is 506 g/mol. The van der Waals surface area contributed by atoms with E-state index < -0.39 is 11.6 Å². The minimum Gasteiger partial charge on any atom is -0.468 e. The number of aromatic nitrogens is 3. The van der Waals surface area contributed by atoms with Crippen molar-refractivity contribution >= 4 is 29.3 Å². The summed E-state index contributed by atoms with van der Waals surface area (Å²) in [5, 5.41) is 10.5. The summed E-state index contributed by atoms with van der Waals surface area (Å²) in [5.41, 5.74) is 1.04. The van der Waals surface area contributed by atoms with E-state index in [-0.39, 0.29) is 23.4 Å². The first-order valence-electron chi connectivity index (χ1n) is 12.7. The lowest BCUT2D eigenvalue weighted by Crippen LogP contribution is -2.49. The summed E-state index contributed by atoms with van der Waals surface area (Å²) in [7, 11) is 1.69. The van der Waals surface area contributed by atoms with Gasteiger partial charge in [0.2, 0.25) is 0 Å². The third-order valence-electron chi connectivity index (χ3n) is 6.35. The number of rotatable bonds is 12. The van der Waals surface area contributed by atoms with Gasteiger partial charge in [-0.2, -0.15) is 5.10 Å². The monoisotopic (exact) mass is 540 g/mol. The van der Waals surface area contributed by atoms with E-state index in [4.69, 9.17) is 9.47 Å². The van der Waals surface area contributed by atoms with E-state index in [2.05, 4.69) is 47.0 Å². The highest BCUT2D eigenvalue weighted by molar-refractivity contribution is 5.94. The maximum Gasteiger partial charge on any atom is 0.181 e. The van der Waals surface area contributed by atoms with Crippen molar-refractivity contribution in [1.29, 1.82) is 0 Å². The van der Waals surface area contributed by atoms with Gasteiger partial charge in [0.25, 0.3) is 0 Å². The van der Waals surface area contributed by atoms with Crippen molar-refractivity contribution in [2.45, 2.75) is 13.3 Å². The van der Waals surface area contributed by atoms with Crippen molar-refractivity contribution in [1.82, 2.24) is 25.0 Å². The molecule has 3 N–H and O–H groups in total. The fourth-order valence-electron chi connectivity index (χ4n) is 4.21. The third kappa shape index (κ3) is 7.30. The van der Waals surface area contributed by atoms with Crippen molar-refractivity contribution in [2.75, 3.05) is 58.5 Å². The van der Waals surface area contributed by atoms with Crippen LogP contribution in [0.2, 0.25) is 0 Å². The number of ether oxygens (including phenoxy) is 2. The molecule has 0 saturated carbocycles. The van der Waals surface area contributed by atoms with Crippen LogP contribution in [0.1, 0.15) is 12.6 Å². The zero-order valence-corrected chi connectivity index (χ0v) is 22.2. The number of amidine groups is 1. The number of halogens is 2. The summed E-state index contributed by atoms with van der Waals surface area (Å²) in [6.07, 6.45) is 7.95. The Morgan fingerprint density at radius 2 is 2.08 bits per heavy atom. The summed E-state index contributed by atoms with van der Waals surface area (Å²) in [4.78, 5) is 15.8. The number of benzene rings is 1. The molecule has 39 heavy (non-hydrogen) atoms. The average molecular weight is 541 g/mol. The summed E-state index contributed by atoms with van der Waals surface area (Å²) in [6, 6.07) is 4.38. The van der Waals surface area contributed by atoms with E-state index in [0.29, 0.717) is 37.2 Å². The number of hydrogen-bond acceptors (Lipinski definition) is 7. The van der Waals surface area contributed by atoms with Gasteiger partial charge in [0.05, 0.1) is 12.1 Å². The molecule has 1 aliphatic rings. The summed E-state index contributed by atoms with van der Waals surface area (Å²) >= 11 is 0. The van der Waals surface area contributed by atoms with E-state index in [9.17, 15) is 8.78 Å². The van der Waals surface area contributed by atoms with Gasteiger partial charge in [-0.15, -0.1) is 0 Å². The summed E-state index contributed by atoms with van der Waals surface area (Å²) < 4.78 is 40.0. The zero-order valence-electron chi connectivity index (χ0n) is 22.2. The molecule has 208 valence electrons. The number of allylic oxidation sites excluding steroid dienone is 2. The van der Waals surface area contributed by atoms with E-state index in [0.717, 1.165) is 37.8 Å². The second kappa shape index (κ2) is 13.7. The smallest absolute Gasteiger partial charge is 0.181 e. The topological polar surface area (TPSA) is 106 Å². The van der Waals surface area contributed by atoms with Crippen molar-refractivity contribution in [3.8, 4) is 5.75 Å². The molecule has 0 bridgehead atoms. The molecule has 0 spiro atoms. The van der Waals surface area contributed by atoms with Gasteiger partial charge in [0.1, 0.15) is 11.7 Å². The van der Waals surface area contributed by atoms with Crippen molar-refractivity contribution < 1.29 is 18.3 Å². The first-order valence-corrected chi connectivity index (χ1v) is 12.7. The zero-order chi connectivity index (χ0) is 27.6. The normalized spacial score (nSPS) is 15.4. The molecule has 1 fully saturated rings. The molecule has 0 unspecified atom stereocenters. The number of H-pyrrole nitrogens is 2. The van der Waals surface area contributed by atoms with Crippen LogP contribution in [0.3, 0.4) is 0 Å². The van der Waals surface area contributed by atoms with E-state index in [1.807, 2.05) is 25.1 Å². The molecule has 3 aromatic rings. The average Bonchev–Trinajstić information content (AvgIpc) is 3.63. The number of aromatic amines is 2. The van der Waals surface area contributed by atoms with Crippen LogP contribution >= 0.6 is 0 Å². The molecule has 1 aromatic carbocycles. The fraction of sp³-hybridized carbons (Fsp3) is 0.370. The van der Waals surface area contributed by atoms with Crippen LogP contribution in [-0.4, -0.2) is 90.7 Å². The number of nitrogens with one attached hydrogen (secondary N) is 3. The molecule has 3 heterocycles. The molecule has 0 radical (unpaired) electrons. The minimum absolute atomic E-state index is 0.0957. The SMILES string of the molecule is C=N/C(=C\C(=N/COc1cc(F)c2[nH]ccc2c1F)N1CCN(CCOC)CC1)Nc1cc(C/C=C/C)[nH]n1. The first kappa shape index (κ1) is 28.0. The van der Waals surface area contributed by atoms with E-state index in [1.54, 1.807) is 13.2 Å². The Bertz CT molecular complexity index is 1340. The van der Waals surface area contributed by atoms with Gasteiger partial charge >= 0.3 is 0 Å². The second-order valence-corrected chi connectivity index (χ2v) is 8.91. The fourth-order valence-corrected chi connectivity index (χ4v) is 4.21. The van der Waals surface area contributed by atoms with Gasteiger partial charge in [-0.05, 0) is 19.7 Å². The Morgan fingerprint density at radius 3 is 2.82 bits per heavy atom. The van der Waals surface area contributed by atoms with Crippen LogP contribution < -0.4 is 10.1 Å². The highest BCUT2D eigenvalue weighted by Crippen LogP contribution is 2.28. The van der Waals surface area contributed by atoms with Crippen LogP contribution in [-0.2, 0) is 11.2 Å². The maximum atomic E-state index is 14.8. The number of fused-ring (bicyclic) bond motifs is 1. The van der Waals surface area contributed by atoms with Gasteiger partial charge in [0, 0.05) is 81.7 Å². The van der Waals surface area contributed by atoms with Crippen molar-refractivity contribution in [3.05, 3.63) is 65.8 Å². The second-order valence-electron chi connectivity index (χ2n) is 8.91. The first-order chi connectivity index (χ1) is 19.0. The van der Waals surface area contributed by atoms with Crippen LogP contribution in [0.25, 0.3) is 10.9 Å². The minimum atomic E-state index is -0.644. The van der Waals surface area contributed by atoms with Crippen LogP contribution in [0.15, 0.2) is 58.4 Å².